The van der Waals surface area contributed by atoms with E-state index in [0.29, 0.717) is 83.1 Å². The van der Waals surface area contributed by atoms with Crippen molar-refractivity contribution in [1.29, 1.82) is 10.5 Å². The standard InChI is InChI=1S/2C30H31Cl2F2N3O4/c2*1-17(19-8-20(31)10-21(32)9-19)36-6-4-30(15-35,5-7-36)16-41-27-13-25(34)24(12-23(27)18-2-3-18)28(38)37-14-22(33)11-26(37)29(39)40/h2*8-10,12-13,17-18,22,26H,2-7,11,14,16H2,1H3,(H,39,40)/t17-,22+,26-;17-,22-,26+/m01/s1. The minimum Gasteiger partial charge on any atom is -0.492 e. The van der Waals surface area contributed by atoms with Gasteiger partial charge in [-0.25, -0.2) is 27.2 Å². The highest BCUT2D eigenvalue weighted by Crippen LogP contribution is 2.48. The molecule has 2 amide bonds. The highest BCUT2D eigenvalue weighted by molar-refractivity contribution is 6.35. The number of alkyl halides is 2. The lowest BCUT2D eigenvalue weighted by Gasteiger charge is -2.40. The third kappa shape index (κ3) is 13.7. The molecule has 22 heteroatoms. The largest absolute Gasteiger partial charge is 0.492 e. The number of hydrogen-bond donors (Lipinski definition) is 2. The van der Waals surface area contributed by atoms with Crippen LogP contribution in [0.25, 0.3) is 0 Å². The van der Waals surface area contributed by atoms with Crippen molar-refractivity contribution in [1.82, 2.24) is 19.6 Å². The predicted octanol–water partition coefficient (Wildman–Crippen LogP) is 12.8. The first-order valence-corrected chi connectivity index (χ1v) is 29.0. The van der Waals surface area contributed by atoms with Gasteiger partial charge in [-0.15, -0.1) is 0 Å². The molecule has 6 fully saturated rings. The number of nitriles is 2. The highest BCUT2D eigenvalue weighted by Gasteiger charge is 2.45. The fourth-order valence-corrected chi connectivity index (χ4v) is 12.8. The van der Waals surface area contributed by atoms with Crippen LogP contribution in [0.4, 0.5) is 17.6 Å². The maximum atomic E-state index is 15.3. The van der Waals surface area contributed by atoms with E-state index in [4.69, 9.17) is 55.9 Å². The molecule has 4 saturated heterocycles. The van der Waals surface area contributed by atoms with Crippen molar-refractivity contribution in [3.8, 4) is 23.6 Å². The Hall–Kier alpha value is -5.86. The Bertz CT molecular complexity index is 2950. The number of benzene rings is 4. The zero-order valence-corrected chi connectivity index (χ0v) is 48.2. The Morgan fingerprint density at radius 3 is 1.21 bits per heavy atom. The van der Waals surface area contributed by atoms with Crippen molar-refractivity contribution in [2.75, 3.05) is 52.5 Å². The molecular formula is C60H62Cl4F4N6O8. The Kier molecular flexibility index (Phi) is 18.6. The maximum Gasteiger partial charge on any atom is 0.326 e. The summed E-state index contributed by atoms with van der Waals surface area (Å²) in [6.07, 6.45) is 1.97. The van der Waals surface area contributed by atoms with E-state index in [0.717, 1.165) is 58.7 Å². The Morgan fingerprint density at radius 1 is 0.585 bits per heavy atom. The van der Waals surface area contributed by atoms with E-state index >= 15 is 8.78 Å². The van der Waals surface area contributed by atoms with E-state index in [1.165, 1.54) is 12.1 Å². The van der Waals surface area contributed by atoms with Crippen LogP contribution in [0.3, 0.4) is 0 Å². The van der Waals surface area contributed by atoms with E-state index in [-0.39, 0.29) is 72.6 Å². The van der Waals surface area contributed by atoms with Gasteiger partial charge in [-0.05, 0) is 148 Å². The molecule has 2 saturated carbocycles. The molecular weight excluding hydrogens is 1150 g/mol. The second-order valence-corrected chi connectivity index (χ2v) is 24.5. The number of amides is 2. The smallest absolute Gasteiger partial charge is 0.326 e. The molecule has 0 bridgehead atoms. The van der Waals surface area contributed by atoms with E-state index in [9.17, 15) is 48.7 Å². The Balaban J connectivity index is 0.000000198. The molecule has 10 rings (SSSR count). The molecule has 4 aromatic rings. The first kappa shape index (κ1) is 60.7. The van der Waals surface area contributed by atoms with Crippen LogP contribution in [0.1, 0.15) is 145 Å². The number of ether oxygens (including phenoxy) is 2. The van der Waals surface area contributed by atoms with Crippen LogP contribution in [0.5, 0.6) is 11.5 Å². The van der Waals surface area contributed by atoms with Crippen LogP contribution in [0.2, 0.25) is 20.1 Å². The van der Waals surface area contributed by atoms with Gasteiger partial charge >= 0.3 is 11.9 Å². The van der Waals surface area contributed by atoms with E-state index < -0.39 is 83.7 Å². The van der Waals surface area contributed by atoms with E-state index in [1.807, 2.05) is 24.3 Å². The van der Waals surface area contributed by atoms with Gasteiger partial charge in [-0.1, -0.05) is 46.4 Å². The molecule has 4 heterocycles. The monoisotopic (exact) mass is 1210 g/mol. The van der Waals surface area contributed by atoms with Crippen molar-refractivity contribution in [3.05, 3.63) is 126 Å². The molecule has 14 nitrogen and oxygen atoms in total. The van der Waals surface area contributed by atoms with Crippen molar-refractivity contribution < 1.29 is 56.4 Å². The SMILES string of the molecule is C[C@@H](c1cc(Cl)cc(Cl)c1)N1CCC(C#N)(COc2cc(F)c(C(=O)N3C[C@H](F)C[C@H]3C(=O)O)cc2C2CC2)CC1.C[C@H](c1cc(Cl)cc(Cl)c1)N1CCC(C#N)(COc2cc(F)c(C(=O)N3C[C@H](F)C[C@H]3C(=O)O)cc2C2CC2)CC1. The number of carboxylic acid groups (broad SMARTS) is 2. The van der Waals surface area contributed by atoms with Crippen LogP contribution in [-0.2, 0) is 9.59 Å². The quantitative estimate of drug-likeness (QED) is 0.101. The highest BCUT2D eigenvalue weighted by atomic mass is 35.5. The summed E-state index contributed by atoms with van der Waals surface area (Å²) in [5.74, 6) is -5.36. The summed E-state index contributed by atoms with van der Waals surface area (Å²) in [7, 11) is 0. The lowest BCUT2D eigenvalue weighted by atomic mass is 9.80. The number of aliphatic carboxylic acids is 2. The molecule has 6 atom stereocenters. The summed E-state index contributed by atoms with van der Waals surface area (Å²) >= 11 is 24.7. The topological polar surface area (TPSA) is 188 Å². The number of carboxylic acids is 2. The Labute approximate surface area is 493 Å². The van der Waals surface area contributed by atoms with Crippen LogP contribution < -0.4 is 9.47 Å². The number of carbonyl (C=O) groups excluding carboxylic acids is 2. The average molecular weight is 1210 g/mol. The predicted molar refractivity (Wildman–Crippen MR) is 299 cm³/mol. The molecule has 6 aliphatic rings. The summed E-state index contributed by atoms with van der Waals surface area (Å²) < 4.78 is 70.7. The number of likely N-dealkylation sites (tertiary alicyclic amines) is 4. The van der Waals surface area contributed by atoms with Gasteiger partial charge in [0.1, 0.15) is 60.8 Å². The van der Waals surface area contributed by atoms with Gasteiger partial charge in [0, 0.05) is 83.3 Å². The van der Waals surface area contributed by atoms with Gasteiger partial charge in [0.05, 0.1) is 47.2 Å². The lowest BCUT2D eigenvalue weighted by molar-refractivity contribution is -0.142. The fourth-order valence-electron chi connectivity index (χ4n) is 11.7. The first-order valence-electron chi connectivity index (χ1n) is 27.5. The van der Waals surface area contributed by atoms with Crippen molar-refractivity contribution in [3.63, 3.8) is 0 Å². The fraction of sp³-hybridized carbons (Fsp3) is 0.500. The van der Waals surface area contributed by atoms with Crippen LogP contribution in [0.15, 0.2) is 60.7 Å². The molecule has 0 radical (unpaired) electrons. The van der Waals surface area contributed by atoms with Gasteiger partial charge in [0.15, 0.2) is 0 Å². The van der Waals surface area contributed by atoms with Crippen LogP contribution in [-0.4, -0.2) is 130 Å². The number of hydrogen-bond acceptors (Lipinski definition) is 10. The summed E-state index contributed by atoms with van der Waals surface area (Å²) in [5, 5.41) is 41.3. The minimum atomic E-state index is -1.48. The van der Waals surface area contributed by atoms with Crippen LogP contribution in [0, 0.1) is 45.1 Å². The summed E-state index contributed by atoms with van der Waals surface area (Å²) in [6, 6.07) is 18.3. The second kappa shape index (κ2) is 25.2. The molecule has 4 aromatic carbocycles. The molecule has 82 heavy (non-hydrogen) atoms. The third-order valence-electron chi connectivity index (χ3n) is 17.1. The zero-order chi connectivity index (χ0) is 58.9. The molecule has 436 valence electrons. The van der Waals surface area contributed by atoms with Crippen molar-refractivity contribution >= 4 is 70.2 Å². The van der Waals surface area contributed by atoms with Crippen LogP contribution >= 0.6 is 46.4 Å². The molecule has 0 spiro atoms. The van der Waals surface area contributed by atoms with Gasteiger partial charge in [-0.3, -0.25) is 19.4 Å². The number of carbonyl (C=O) groups is 4. The summed E-state index contributed by atoms with van der Waals surface area (Å²) in [5.41, 5.74) is 1.16. The zero-order valence-electron chi connectivity index (χ0n) is 45.2. The van der Waals surface area contributed by atoms with Gasteiger partial charge in [0.25, 0.3) is 11.8 Å². The molecule has 2 N–H and O–H groups in total. The molecule has 0 unspecified atom stereocenters. The first-order chi connectivity index (χ1) is 39.0. The maximum absolute atomic E-state index is 15.3. The van der Waals surface area contributed by atoms with Crippen molar-refractivity contribution in [2.45, 2.75) is 126 Å². The lowest BCUT2D eigenvalue weighted by Crippen LogP contribution is -2.43. The Morgan fingerprint density at radius 2 is 0.915 bits per heavy atom. The number of nitrogens with zero attached hydrogens (tertiary/aromatic N) is 6. The normalized spacial score (nSPS) is 23.2. The molecule has 4 aliphatic heterocycles. The van der Waals surface area contributed by atoms with E-state index in [2.05, 4.69) is 35.8 Å². The summed E-state index contributed by atoms with van der Waals surface area (Å²) in [4.78, 5) is 55.6. The number of rotatable bonds is 16. The summed E-state index contributed by atoms with van der Waals surface area (Å²) in [6.45, 7) is 6.08. The number of piperidine rings is 2. The third-order valence-corrected chi connectivity index (χ3v) is 18.0. The molecule has 2 aliphatic carbocycles. The average Bonchev–Trinajstić information content (AvgIpc) is 4.57. The second-order valence-electron chi connectivity index (χ2n) is 22.8. The van der Waals surface area contributed by atoms with Gasteiger partial charge < -0.3 is 29.5 Å². The van der Waals surface area contributed by atoms with Gasteiger partial charge in [0.2, 0.25) is 0 Å². The van der Waals surface area contributed by atoms with E-state index in [1.54, 1.807) is 12.1 Å². The molecule has 0 aromatic heterocycles. The van der Waals surface area contributed by atoms with Crippen molar-refractivity contribution in [2.24, 2.45) is 10.8 Å². The number of halogens is 8. The minimum absolute atomic E-state index is 0.0495. The van der Waals surface area contributed by atoms with Gasteiger partial charge in [-0.2, -0.15) is 10.5 Å².